The van der Waals surface area contributed by atoms with Crippen LogP contribution in [-0.2, 0) is 0 Å². The Morgan fingerprint density at radius 3 is 2.83 bits per heavy atom. The van der Waals surface area contributed by atoms with Gasteiger partial charge in [0.05, 0.1) is 10.6 Å². The van der Waals surface area contributed by atoms with Gasteiger partial charge in [-0.3, -0.25) is 10.1 Å². The molecule has 1 aliphatic heterocycles. The van der Waals surface area contributed by atoms with Crippen LogP contribution >= 0.6 is 0 Å². The predicted molar refractivity (Wildman–Crippen MR) is 69.2 cm³/mol. The molecule has 0 spiro atoms. The zero-order valence-electron chi connectivity index (χ0n) is 10.2. The monoisotopic (exact) mass is 245 g/mol. The second-order valence-electron chi connectivity index (χ2n) is 5.14. The SMILES string of the molecule is Cc1cc2c(cc1[N+](=O)[O-])N=C(N)C1CCCC21. The maximum atomic E-state index is 10.9. The number of aryl methyl sites for hydroxylation is 1. The van der Waals surface area contributed by atoms with Gasteiger partial charge in [0.2, 0.25) is 0 Å². The van der Waals surface area contributed by atoms with Crippen molar-refractivity contribution >= 4 is 17.2 Å². The lowest BCUT2D eigenvalue weighted by Gasteiger charge is -2.26. The standard InChI is InChI=1S/C13H15N3O2/c1-7-5-10-8-3-2-4-9(8)13(14)15-11(10)6-12(7)16(17)18/h5-6,8-9H,2-4H2,1H3,(H2,14,15). The number of amidine groups is 1. The van der Waals surface area contributed by atoms with Gasteiger partial charge in [0.1, 0.15) is 5.84 Å². The Kier molecular flexibility index (Phi) is 2.36. The number of fused-ring (bicyclic) bond motifs is 3. The molecule has 1 saturated carbocycles. The van der Waals surface area contributed by atoms with Crippen molar-refractivity contribution < 1.29 is 4.92 Å². The minimum Gasteiger partial charge on any atom is -0.387 e. The quantitative estimate of drug-likeness (QED) is 0.610. The summed E-state index contributed by atoms with van der Waals surface area (Å²) in [4.78, 5) is 14.9. The highest BCUT2D eigenvalue weighted by atomic mass is 16.6. The Bertz CT molecular complexity index is 566. The summed E-state index contributed by atoms with van der Waals surface area (Å²) < 4.78 is 0. The number of nitro groups is 1. The van der Waals surface area contributed by atoms with E-state index in [1.165, 1.54) is 0 Å². The summed E-state index contributed by atoms with van der Waals surface area (Å²) in [7, 11) is 0. The van der Waals surface area contributed by atoms with Crippen LogP contribution in [-0.4, -0.2) is 10.8 Å². The van der Waals surface area contributed by atoms with E-state index in [1.54, 1.807) is 13.0 Å². The molecule has 2 aliphatic rings. The molecule has 5 nitrogen and oxygen atoms in total. The molecule has 2 atom stereocenters. The fourth-order valence-corrected chi connectivity index (χ4v) is 3.21. The summed E-state index contributed by atoms with van der Waals surface area (Å²) in [6, 6.07) is 3.48. The first-order valence-electron chi connectivity index (χ1n) is 6.21. The van der Waals surface area contributed by atoms with E-state index >= 15 is 0 Å². The molecule has 2 N–H and O–H groups in total. The molecule has 1 aromatic carbocycles. The highest BCUT2D eigenvalue weighted by Crippen LogP contribution is 2.47. The minimum absolute atomic E-state index is 0.127. The van der Waals surface area contributed by atoms with Crippen LogP contribution in [0.4, 0.5) is 11.4 Å². The fourth-order valence-electron chi connectivity index (χ4n) is 3.21. The van der Waals surface area contributed by atoms with Gasteiger partial charge in [0.15, 0.2) is 0 Å². The van der Waals surface area contributed by atoms with Crippen molar-refractivity contribution in [1.29, 1.82) is 0 Å². The summed E-state index contributed by atoms with van der Waals surface area (Å²) in [6.07, 6.45) is 3.33. The second-order valence-corrected chi connectivity index (χ2v) is 5.14. The minimum atomic E-state index is -0.359. The molecule has 0 bridgehead atoms. The first-order valence-corrected chi connectivity index (χ1v) is 6.21. The third-order valence-electron chi connectivity index (χ3n) is 4.09. The molecule has 18 heavy (non-hydrogen) atoms. The molecule has 1 aromatic rings. The fraction of sp³-hybridized carbons (Fsp3) is 0.462. The Labute approximate surface area is 105 Å². The Morgan fingerprint density at radius 2 is 2.11 bits per heavy atom. The molecule has 94 valence electrons. The van der Waals surface area contributed by atoms with E-state index in [1.807, 2.05) is 6.07 Å². The van der Waals surface area contributed by atoms with Crippen LogP contribution in [0.5, 0.6) is 0 Å². The van der Waals surface area contributed by atoms with Crippen molar-refractivity contribution in [1.82, 2.24) is 0 Å². The lowest BCUT2D eigenvalue weighted by atomic mass is 9.84. The number of nitrogens with two attached hydrogens (primary N) is 1. The molecule has 0 saturated heterocycles. The zero-order chi connectivity index (χ0) is 12.9. The van der Waals surface area contributed by atoms with Gasteiger partial charge in [0, 0.05) is 17.5 Å². The number of benzene rings is 1. The normalized spacial score (nSPS) is 25.3. The van der Waals surface area contributed by atoms with Crippen LogP contribution in [0.2, 0.25) is 0 Å². The van der Waals surface area contributed by atoms with Gasteiger partial charge in [-0.25, -0.2) is 4.99 Å². The molecule has 3 rings (SSSR count). The van der Waals surface area contributed by atoms with Crippen molar-refractivity contribution in [2.75, 3.05) is 0 Å². The molecule has 5 heteroatoms. The Hall–Kier alpha value is -1.91. The number of aliphatic imine (C=N–C) groups is 1. The van der Waals surface area contributed by atoms with E-state index in [2.05, 4.69) is 4.99 Å². The molecule has 1 fully saturated rings. The number of nitrogens with zero attached hydrogens (tertiary/aromatic N) is 2. The highest BCUT2D eigenvalue weighted by molar-refractivity contribution is 5.89. The first-order chi connectivity index (χ1) is 8.58. The summed E-state index contributed by atoms with van der Waals surface area (Å²) >= 11 is 0. The predicted octanol–water partition coefficient (Wildman–Crippen LogP) is 2.79. The molecular weight excluding hydrogens is 230 g/mol. The van der Waals surface area contributed by atoms with Gasteiger partial charge in [-0.15, -0.1) is 0 Å². The van der Waals surface area contributed by atoms with Crippen LogP contribution in [0.1, 0.15) is 36.3 Å². The average Bonchev–Trinajstić information content (AvgIpc) is 2.79. The van der Waals surface area contributed by atoms with Crippen molar-refractivity contribution in [2.24, 2.45) is 16.6 Å². The molecule has 0 radical (unpaired) electrons. The number of nitro benzene ring substituents is 1. The largest absolute Gasteiger partial charge is 0.387 e. The van der Waals surface area contributed by atoms with Crippen LogP contribution in [0.3, 0.4) is 0 Å². The first kappa shape index (κ1) is 11.2. The summed E-state index contributed by atoms with van der Waals surface area (Å²) in [6.45, 7) is 1.78. The third kappa shape index (κ3) is 1.50. The topological polar surface area (TPSA) is 81.5 Å². The Balaban J connectivity index is 2.18. The smallest absolute Gasteiger partial charge is 0.274 e. The molecular formula is C13H15N3O2. The number of hydrogen-bond acceptors (Lipinski definition) is 4. The zero-order valence-corrected chi connectivity index (χ0v) is 10.2. The Morgan fingerprint density at radius 1 is 1.39 bits per heavy atom. The molecule has 0 aromatic heterocycles. The molecule has 0 amide bonds. The van der Waals surface area contributed by atoms with E-state index in [0.717, 1.165) is 24.8 Å². The van der Waals surface area contributed by atoms with Crippen LogP contribution in [0.25, 0.3) is 0 Å². The van der Waals surface area contributed by atoms with E-state index in [-0.39, 0.29) is 10.6 Å². The van der Waals surface area contributed by atoms with Gasteiger partial charge in [0.25, 0.3) is 5.69 Å². The van der Waals surface area contributed by atoms with Crippen LogP contribution in [0, 0.1) is 23.0 Å². The van der Waals surface area contributed by atoms with Crippen molar-refractivity contribution in [3.63, 3.8) is 0 Å². The summed E-state index contributed by atoms with van der Waals surface area (Å²) in [5, 5.41) is 10.9. The van der Waals surface area contributed by atoms with Crippen LogP contribution in [0.15, 0.2) is 17.1 Å². The van der Waals surface area contributed by atoms with Gasteiger partial charge in [-0.2, -0.15) is 0 Å². The second kappa shape index (κ2) is 3.80. The van der Waals surface area contributed by atoms with Gasteiger partial charge in [-0.1, -0.05) is 6.42 Å². The highest BCUT2D eigenvalue weighted by Gasteiger charge is 2.36. The van der Waals surface area contributed by atoms with E-state index in [4.69, 9.17) is 5.73 Å². The van der Waals surface area contributed by atoms with E-state index < -0.39 is 0 Å². The van der Waals surface area contributed by atoms with Gasteiger partial charge in [-0.05, 0) is 37.3 Å². The van der Waals surface area contributed by atoms with Gasteiger partial charge >= 0.3 is 0 Å². The number of rotatable bonds is 1. The van der Waals surface area contributed by atoms with Crippen molar-refractivity contribution in [2.45, 2.75) is 32.1 Å². The lowest BCUT2D eigenvalue weighted by Crippen LogP contribution is -2.28. The van der Waals surface area contributed by atoms with E-state index in [9.17, 15) is 10.1 Å². The van der Waals surface area contributed by atoms with Crippen molar-refractivity contribution in [3.8, 4) is 0 Å². The molecule has 1 aliphatic carbocycles. The maximum Gasteiger partial charge on any atom is 0.274 e. The van der Waals surface area contributed by atoms with E-state index in [0.29, 0.717) is 28.9 Å². The lowest BCUT2D eigenvalue weighted by molar-refractivity contribution is -0.385. The van der Waals surface area contributed by atoms with Crippen LogP contribution < -0.4 is 5.73 Å². The summed E-state index contributed by atoms with van der Waals surface area (Å²) in [5.74, 6) is 1.37. The van der Waals surface area contributed by atoms with Crippen molar-refractivity contribution in [3.05, 3.63) is 33.4 Å². The number of hydrogen-bond donors (Lipinski definition) is 1. The molecule has 2 unspecified atom stereocenters. The maximum absolute atomic E-state index is 10.9. The molecule has 1 heterocycles. The van der Waals surface area contributed by atoms with Gasteiger partial charge < -0.3 is 5.73 Å². The summed E-state index contributed by atoms with van der Waals surface area (Å²) in [5.41, 5.74) is 8.64. The average molecular weight is 245 g/mol. The third-order valence-corrected chi connectivity index (χ3v) is 4.09.